The monoisotopic (exact) mass is 544 g/mol. The molecule has 2 aromatic heterocycles. The van der Waals surface area contributed by atoms with Gasteiger partial charge in [0, 0.05) is 26.7 Å². The van der Waals surface area contributed by atoms with Gasteiger partial charge >= 0.3 is 0 Å². The molecule has 0 unspecified atom stereocenters. The highest BCUT2D eigenvalue weighted by Gasteiger charge is 2.19. The van der Waals surface area contributed by atoms with Gasteiger partial charge in [-0.3, -0.25) is 4.57 Å². The van der Waals surface area contributed by atoms with Crippen molar-refractivity contribution >= 4 is 54.0 Å². The molecule has 0 aliphatic rings. The number of rotatable bonds is 3. The number of benzene rings is 6. The Morgan fingerprint density at radius 2 is 1.34 bits per heavy atom. The Morgan fingerprint density at radius 1 is 0.634 bits per heavy atom. The number of fused-ring (bicyclic) bond motifs is 4. The molecule has 0 amide bonds. The minimum absolute atomic E-state index is 0.986. The molecule has 0 bridgehead atoms. The summed E-state index contributed by atoms with van der Waals surface area (Å²) in [5, 5.41) is 8.63. The van der Waals surface area contributed by atoms with Crippen molar-refractivity contribution in [2.75, 3.05) is 0 Å². The molecule has 2 nitrogen and oxygen atoms in total. The summed E-state index contributed by atoms with van der Waals surface area (Å²) in [5.41, 5.74) is 10.8. The highest BCUT2D eigenvalue weighted by atomic mass is 32.1. The van der Waals surface area contributed by atoms with Crippen LogP contribution in [0.1, 0.15) is 16.7 Å². The van der Waals surface area contributed by atoms with Crippen LogP contribution in [-0.2, 0) is 0 Å². The van der Waals surface area contributed by atoms with Crippen LogP contribution < -0.4 is 0 Å². The Morgan fingerprint density at radius 3 is 2.17 bits per heavy atom. The van der Waals surface area contributed by atoms with Gasteiger partial charge in [0.2, 0.25) is 0 Å². The van der Waals surface area contributed by atoms with Crippen LogP contribution in [0.15, 0.2) is 115 Å². The maximum absolute atomic E-state index is 5.23. The lowest BCUT2D eigenvalue weighted by molar-refractivity contribution is 1.10. The van der Waals surface area contributed by atoms with Crippen molar-refractivity contribution in [3.05, 3.63) is 131 Å². The Balaban J connectivity index is 1.37. The van der Waals surface area contributed by atoms with Gasteiger partial charge in [0.05, 0.1) is 11.0 Å². The molecule has 3 heteroatoms. The second-order valence-corrected chi connectivity index (χ2v) is 12.0. The Kier molecular flexibility index (Phi) is 5.38. The zero-order chi connectivity index (χ0) is 27.7. The lowest BCUT2D eigenvalue weighted by Crippen LogP contribution is -2.00. The van der Waals surface area contributed by atoms with Gasteiger partial charge in [-0.2, -0.15) is 0 Å². The van der Waals surface area contributed by atoms with Crippen molar-refractivity contribution in [3.8, 4) is 28.2 Å². The topological polar surface area (TPSA) is 17.8 Å². The first-order valence-electron chi connectivity index (χ1n) is 14.0. The zero-order valence-corrected chi connectivity index (χ0v) is 24.1. The maximum atomic E-state index is 5.23. The van der Waals surface area contributed by atoms with E-state index in [2.05, 4.69) is 140 Å². The molecule has 0 saturated carbocycles. The van der Waals surface area contributed by atoms with E-state index in [0.717, 1.165) is 22.5 Å². The molecular weight excluding hydrogens is 516 g/mol. The molecule has 0 aliphatic heterocycles. The van der Waals surface area contributed by atoms with E-state index in [9.17, 15) is 0 Å². The van der Waals surface area contributed by atoms with E-state index < -0.39 is 0 Å². The molecule has 0 N–H and O–H groups in total. The van der Waals surface area contributed by atoms with E-state index >= 15 is 0 Å². The third-order valence-corrected chi connectivity index (χ3v) is 9.23. The lowest BCUT2D eigenvalue weighted by atomic mass is 9.95. The van der Waals surface area contributed by atoms with E-state index in [1.54, 1.807) is 11.3 Å². The zero-order valence-electron chi connectivity index (χ0n) is 23.3. The van der Waals surface area contributed by atoms with Crippen LogP contribution in [-0.4, -0.2) is 9.55 Å². The summed E-state index contributed by atoms with van der Waals surface area (Å²) in [4.78, 5) is 5.23. The van der Waals surface area contributed by atoms with Crippen molar-refractivity contribution in [3.63, 3.8) is 0 Å². The van der Waals surface area contributed by atoms with Crippen LogP contribution in [0.2, 0.25) is 0 Å². The molecule has 0 fully saturated rings. The van der Waals surface area contributed by atoms with Gasteiger partial charge in [-0.1, -0.05) is 66.2 Å². The standard InChI is InChI=1S/C38H28N2S/c1-23-13-14-27-18-30-21-36-32(20-29(30)19-28(27)15-23)33(22-41-36)38-39-34-11-7-8-12-35(34)40(38)31-16-24(2)37(25(3)17-31)26-9-5-4-6-10-26/h4-22H,1-3H3. The number of aryl methyl sites for hydroxylation is 3. The van der Waals surface area contributed by atoms with Gasteiger partial charge in [-0.15, -0.1) is 11.3 Å². The molecule has 8 rings (SSSR count). The van der Waals surface area contributed by atoms with Crippen molar-refractivity contribution in [2.45, 2.75) is 20.8 Å². The molecule has 2 heterocycles. The Hall–Kier alpha value is -4.73. The third-order valence-electron chi connectivity index (χ3n) is 8.28. The van der Waals surface area contributed by atoms with Gasteiger partial charge in [0.1, 0.15) is 5.82 Å². The number of imidazole rings is 1. The molecule has 0 aliphatic carbocycles. The van der Waals surface area contributed by atoms with Crippen molar-refractivity contribution in [2.24, 2.45) is 0 Å². The maximum Gasteiger partial charge on any atom is 0.147 e. The summed E-state index contributed by atoms with van der Waals surface area (Å²) in [5.74, 6) is 0.986. The molecular formula is C38H28N2S. The van der Waals surface area contributed by atoms with E-state index in [0.29, 0.717) is 0 Å². The molecule has 0 radical (unpaired) electrons. The molecule has 6 aromatic carbocycles. The lowest BCUT2D eigenvalue weighted by Gasteiger charge is -2.16. The van der Waals surface area contributed by atoms with Crippen LogP contribution in [0, 0.1) is 20.8 Å². The number of aromatic nitrogens is 2. The predicted molar refractivity (Wildman–Crippen MR) is 177 cm³/mol. The summed E-state index contributed by atoms with van der Waals surface area (Å²) in [6.45, 7) is 6.59. The van der Waals surface area contributed by atoms with Gasteiger partial charge in [-0.05, 0) is 113 Å². The van der Waals surface area contributed by atoms with E-state index in [4.69, 9.17) is 4.98 Å². The van der Waals surface area contributed by atoms with Crippen molar-refractivity contribution in [1.29, 1.82) is 0 Å². The molecule has 0 spiro atoms. The first-order chi connectivity index (χ1) is 20.0. The van der Waals surface area contributed by atoms with E-state index in [1.165, 1.54) is 65.0 Å². The first kappa shape index (κ1) is 24.1. The fourth-order valence-electron chi connectivity index (χ4n) is 6.41. The summed E-state index contributed by atoms with van der Waals surface area (Å²) in [6, 6.07) is 39.8. The second kappa shape index (κ2) is 9.15. The highest BCUT2D eigenvalue weighted by Crippen LogP contribution is 2.40. The quantitative estimate of drug-likeness (QED) is 0.202. The molecule has 196 valence electrons. The number of hydrogen-bond donors (Lipinski definition) is 0. The predicted octanol–water partition coefficient (Wildman–Crippen LogP) is 10.8. The Labute approximate surface area is 243 Å². The molecule has 0 atom stereocenters. The van der Waals surface area contributed by atoms with Crippen LogP contribution in [0.25, 0.3) is 70.9 Å². The smallest absolute Gasteiger partial charge is 0.147 e. The van der Waals surface area contributed by atoms with Crippen molar-refractivity contribution < 1.29 is 0 Å². The largest absolute Gasteiger partial charge is 0.292 e. The highest BCUT2D eigenvalue weighted by molar-refractivity contribution is 7.17. The van der Waals surface area contributed by atoms with E-state index in [1.807, 2.05) is 0 Å². The van der Waals surface area contributed by atoms with Crippen LogP contribution >= 0.6 is 11.3 Å². The molecule has 8 aromatic rings. The first-order valence-corrected chi connectivity index (χ1v) is 14.9. The summed E-state index contributed by atoms with van der Waals surface area (Å²) < 4.78 is 3.63. The summed E-state index contributed by atoms with van der Waals surface area (Å²) >= 11 is 1.80. The van der Waals surface area contributed by atoms with Crippen molar-refractivity contribution in [1.82, 2.24) is 9.55 Å². The average Bonchev–Trinajstić information content (AvgIpc) is 3.56. The second-order valence-electron chi connectivity index (χ2n) is 11.1. The van der Waals surface area contributed by atoms with Gasteiger partial charge < -0.3 is 0 Å². The SMILES string of the molecule is Cc1ccc2cc3cc4scc(-c5nc6ccccc6n5-c5cc(C)c(-c6ccccc6)c(C)c5)c4cc3cc2c1. The van der Waals surface area contributed by atoms with E-state index in [-0.39, 0.29) is 0 Å². The van der Waals surface area contributed by atoms with Crippen LogP contribution in [0.5, 0.6) is 0 Å². The minimum atomic E-state index is 0.986. The normalized spacial score (nSPS) is 11.8. The number of nitrogens with zero attached hydrogens (tertiary/aromatic N) is 2. The average molecular weight is 545 g/mol. The molecule has 41 heavy (non-hydrogen) atoms. The Bertz CT molecular complexity index is 2260. The fraction of sp³-hybridized carbons (Fsp3) is 0.0789. The van der Waals surface area contributed by atoms with Crippen LogP contribution in [0.4, 0.5) is 0 Å². The fourth-order valence-corrected chi connectivity index (χ4v) is 7.38. The molecule has 0 saturated heterocycles. The van der Waals surface area contributed by atoms with Gasteiger partial charge in [0.15, 0.2) is 0 Å². The number of thiophene rings is 1. The van der Waals surface area contributed by atoms with Crippen LogP contribution in [0.3, 0.4) is 0 Å². The van der Waals surface area contributed by atoms with Gasteiger partial charge in [-0.25, -0.2) is 4.98 Å². The number of hydrogen-bond acceptors (Lipinski definition) is 2. The van der Waals surface area contributed by atoms with Gasteiger partial charge in [0.25, 0.3) is 0 Å². The minimum Gasteiger partial charge on any atom is -0.292 e. The third kappa shape index (κ3) is 3.88. The summed E-state index contributed by atoms with van der Waals surface area (Å²) in [6.07, 6.45) is 0. The number of para-hydroxylation sites is 2. The summed E-state index contributed by atoms with van der Waals surface area (Å²) in [7, 11) is 0.